The number of aliphatic imine (C=N–C) groups is 1. The van der Waals surface area contributed by atoms with E-state index in [1.54, 1.807) is 18.2 Å². The van der Waals surface area contributed by atoms with Crippen LogP contribution in [-0.2, 0) is 11.3 Å². The minimum absolute atomic E-state index is 0. The van der Waals surface area contributed by atoms with Crippen molar-refractivity contribution in [3.05, 3.63) is 52.6 Å². The first-order chi connectivity index (χ1) is 13.5. The predicted octanol–water partition coefficient (Wildman–Crippen LogP) is 2.79. The van der Waals surface area contributed by atoms with Crippen molar-refractivity contribution in [3.63, 3.8) is 0 Å². The number of guanidine groups is 1. The number of non-ortho nitro benzene ring substituents is 1. The minimum atomic E-state index is -0.404. The zero-order valence-electron chi connectivity index (χ0n) is 17.2. The van der Waals surface area contributed by atoms with Gasteiger partial charge in [-0.25, -0.2) is 4.99 Å². The fraction of sp³-hybridized carbons (Fsp3) is 0.550. The van der Waals surface area contributed by atoms with Gasteiger partial charge in [-0.2, -0.15) is 0 Å². The van der Waals surface area contributed by atoms with E-state index in [1.807, 2.05) is 0 Å². The molecule has 0 saturated carbocycles. The highest BCUT2D eigenvalue weighted by molar-refractivity contribution is 14.0. The van der Waals surface area contributed by atoms with Crippen molar-refractivity contribution in [2.45, 2.75) is 26.5 Å². The Morgan fingerprint density at radius 3 is 2.76 bits per heavy atom. The van der Waals surface area contributed by atoms with Gasteiger partial charge in [0.2, 0.25) is 0 Å². The van der Waals surface area contributed by atoms with Crippen LogP contribution in [0.1, 0.15) is 19.4 Å². The molecule has 1 aliphatic heterocycles. The number of hydrogen-bond donors (Lipinski definition) is 2. The molecule has 0 aliphatic carbocycles. The Morgan fingerprint density at radius 2 is 2.14 bits per heavy atom. The van der Waals surface area contributed by atoms with Gasteiger partial charge in [0.05, 0.1) is 24.2 Å². The molecular formula is C20H32IN5O3. The first kappa shape index (κ1) is 25.3. The van der Waals surface area contributed by atoms with Crippen molar-refractivity contribution < 1.29 is 9.66 Å². The quantitative estimate of drug-likeness (QED) is 0.131. The Morgan fingerprint density at radius 1 is 1.41 bits per heavy atom. The topological polar surface area (TPSA) is 92.0 Å². The number of nitrogens with zero attached hydrogens (tertiary/aromatic N) is 3. The van der Waals surface area contributed by atoms with Crippen LogP contribution in [-0.4, -0.2) is 61.2 Å². The van der Waals surface area contributed by atoms with E-state index in [1.165, 1.54) is 12.1 Å². The lowest BCUT2D eigenvalue weighted by molar-refractivity contribution is -0.384. The lowest BCUT2D eigenvalue weighted by Crippen LogP contribution is -2.50. The van der Waals surface area contributed by atoms with Gasteiger partial charge in [0.1, 0.15) is 0 Å². The maximum absolute atomic E-state index is 10.7. The fourth-order valence-corrected chi connectivity index (χ4v) is 3.03. The number of nitro groups is 1. The van der Waals surface area contributed by atoms with E-state index in [0.717, 1.165) is 31.8 Å². The van der Waals surface area contributed by atoms with Crippen molar-refractivity contribution in [1.29, 1.82) is 0 Å². The molecule has 0 bridgehead atoms. The molecule has 162 valence electrons. The molecule has 8 nitrogen and oxygen atoms in total. The first-order valence-corrected chi connectivity index (χ1v) is 9.68. The molecule has 9 heteroatoms. The Balaban J connectivity index is 0.00000420. The van der Waals surface area contributed by atoms with Crippen molar-refractivity contribution in [3.8, 4) is 0 Å². The van der Waals surface area contributed by atoms with E-state index >= 15 is 0 Å². The van der Waals surface area contributed by atoms with E-state index in [2.05, 4.69) is 41.0 Å². The van der Waals surface area contributed by atoms with Crippen LogP contribution < -0.4 is 10.6 Å². The van der Waals surface area contributed by atoms with Gasteiger partial charge < -0.3 is 15.4 Å². The summed E-state index contributed by atoms with van der Waals surface area (Å²) in [5.74, 6) is 1.31. The van der Waals surface area contributed by atoms with Crippen LogP contribution in [0.5, 0.6) is 0 Å². The Kier molecular flexibility index (Phi) is 11.8. The number of morpholine rings is 1. The van der Waals surface area contributed by atoms with Crippen LogP contribution >= 0.6 is 24.0 Å². The van der Waals surface area contributed by atoms with Gasteiger partial charge in [0, 0.05) is 44.9 Å². The molecule has 0 spiro atoms. The van der Waals surface area contributed by atoms with Gasteiger partial charge in [-0.3, -0.25) is 15.0 Å². The minimum Gasteiger partial charge on any atom is -0.374 e. The lowest BCUT2D eigenvalue weighted by atomic mass is 10.2. The van der Waals surface area contributed by atoms with Crippen molar-refractivity contribution in [2.75, 3.05) is 39.3 Å². The average molecular weight is 517 g/mol. The summed E-state index contributed by atoms with van der Waals surface area (Å²) in [6, 6.07) is 6.43. The normalized spacial score (nSPS) is 17.5. The van der Waals surface area contributed by atoms with Gasteiger partial charge in [0.25, 0.3) is 5.69 Å². The number of benzene rings is 1. The van der Waals surface area contributed by atoms with E-state index < -0.39 is 4.92 Å². The molecule has 1 aromatic rings. The predicted molar refractivity (Wildman–Crippen MR) is 127 cm³/mol. The molecule has 2 N–H and O–H groups in total. The maximum atomic E-state index is 10.7. The summed E-state index contributed by atoms with van der Waals surface area (Å²) in [6.45, 7) is 13.6. The molecule has 0 aromatic heterocycles. The second-order valence-corrected chi connectivity index (χ2v) is 7.29. The van der Waals surface area contributed by atoms with E-state index in [-0.39, 0.29) is 35.8 Å². The number of rotatable bonds is 9. The summed E-state index contributed by atoms with van der Waals surface area (Å²) >= 11 is 0. The maximum Gasteiger partial charge on any atom is 0.269 e. The van der Waals surface area contributed by atoms with Crippen LogP contribution in [0.25, 0.3) is 0 Å². The number of halogens is 1. The van der Waals surface area contributed by atoms with Gasteiger partial charge in [-0.1, -0.05) is 32.1 Å². The molecule has 0 radical (unpaired) electrons. The van der Waals surface area contributed by atoms with Gasteiger partial charge in [0.15, 0.2) is 5.96 Å². The second-order valence-electron chi connectivity index (χ2n) is 7.29. The standard InChI is InChI=1S/C20H31N5O3.HI/c1-4-9-21-20(22-12-17-5-7-18(8-6-17)25(26)27)23-13-19-15-24(10-11-28-19)14-16(2)3;/h4-8,16,19H,1,9-15H2,2-3H3,(H2,21,22,23);1H. The van der Waals surface area contributed by atoms with E-state index in [4.69, 9.17) is 4.74 Å². The Bertz CT molecular complexity index is 667. The highest BCUT2D eigenvalue weighted by Crippen LogP contribution is 2.12. The van der Waals surface area contributed by atoms with Crippen molar-refractivity contribution in [2.24, 2.45) is 10.9 Å². The average Bonchev–Trinajstić information content (AvgIpc) is 2.67. The number of hydrogen-bond acceptors (Lipinski definition) is 5. The van der Waals surface area contributed by atoms with Crippen molar-refractivity contribution in [1.82, 2.24) is 15.5 Å². The van der Waals surface area contributed by atoms with E-state index in [0.29, 0.717) is 31.5 Å². The van der Waals surface area contributed by atoms with Crippen LogP contribution in [0, 0.1) is 16.0 Å². The Labute approximate surface area is 190 Å². The molecule has 1 unspecified atom stereocenters. The molecule has 0 amide bonds. The third kappa shape index (κ3) is 9.55. The van der Waals surface area contributed by atoms with Gasteiger partial charge >= 0.3 is 0 Å². The summed E-state index contributed by atoms with van der Waals surface area (Å²) < 4.78 is 5.87. The highest BCUT2D eigenvalue weighted by Gasteiger charge is 2.21. The fourth-order valence-electron chi connectivity index (χ4n) is 3.03. The van der Waals surface area contributed by atoms with E-state index in [9.17, 15) is 10.1 Å². The highest BCUT2D eigenvalue weighted by atomic mass is 127. The van der Waals surface area contributed by atoms with Crippen LogP contribution in [0.2, 0.25) is 0 Å². The third-order valence-electron chi connectivity index (χ3n) is 4.32. The molecule has 1 aromatic carbocycles. The molecule has 1 saturated heterocycles. The van der Waals surface area contributed by atoms with Gasteiger partial charge in [-0.15, -0.1) is 30.6 Å². The van der Waals surface area contributed by atoms with Crippen LogP contribution in [0.4, 0.5) is 5.69 Å². The molecule has 1 fully saturated rings. The van der Waals surface area contributed by atoms with Crippen LogP contribution in [0.15, 0.2) is 41.9 Å². The lowest BCUT2D eigenvalue weighted by Gasteiger charge is -2.34. The second kappa shape index (κ2) is 13.5. The number of ether oxygens (including phenoxy) is 1. The molecule has 1 heterocycles. The third-order valence-corrected chi connectivity index (χ3v) is 4.32. The molecule has 29 heavy (non-hydrogen) atoms. The monoisotopic (exact) mass is 517 g/mol. The molecular weight excluding hydrogens is 485 g/mol. The number of nitrogens with one attached hydrogen (secondary N) is 2. The SMILES string of the molecule is C=CCNC(=NCc1ccc([N+](=O)[O-])cc1)NCC1CN(CC(C)C)CCO1.I. The molecule has 1 aliphatic rings. The van der Waals surface area contributed by atoms with Crippen molar-refractivity contribution >= 4 is 35.6 Å². The zero-order valence-corrected chi connectivity index (χ0v) is 19.5. The number of nitro benzene ring substituents is 1. The summed E-state index contributed by atoms with van der Waals surface area (Å²) in [4.78, 5) is 17.3. The summed E-state index contributed by atoms with van der Waals surface area (Å²) in [7, 11) is 0. The molecule has 1 atom stereocenters. The summed E-state index contributed by atoms with van der Waals surface area (Å²) in [5.41, 5.74) is 0.985. The van der Waals surface area contributed by atoms with Gasteiger partial charge in [-0.05, 0) is 11.5 Å². The Hall–Kier alpha value is -1.72. The smallest absolute Gasteiger partial charge is 0.269 e. The largest absolute Gasteiger partial charge is 0.374 e. The zero-order chi connectivity index (χ0) is 20.4. The summed E-state index contributed by atoms with van der Waals surface area (Å²) in [6.07, 6.45) is 1.88. The first-order valence-electron chi connectivity index (χ1n) is 9.68. The molecule has 2 rings (SSSR count). The van der Waals surface area contributed by atoms with Crippen LogP contribution in [0.3, 0.4) is 0 Å². The summed E-state index contributed by atoms with van der Waals surface area (Å²) in [5, 5.41) is 17.3.